The second-order valence-electron chi connectivity index (χ2n) is 20.5. The lowest BCUT2D eigenvalue weighted by Crippen LogP contribution is -2.37. The van der Waals surface area contributed by atoms with Crippen molar-refractivity contribution in [3.8, 4) is 11.1 Å². The van der Waals surface area contributed by atoms with Crippen LogP contribution in [0.5, 0.6) is 0 Å². The van der Waals surface area contributed by atoms with E-state index in [0.29, 0.717) is 0 Å². The Morgan fingerprint density at radius 1 is 0.344 bits per heavy atom. The maximum Gasteiger partial charge on any atom is 0.0775 e. The average molecular weight is 847 g/mol. The molecule has 0 heterocycles. The van der Waals surface area contributed by atoms with Crippen LogP contribution in [0.2, 0.25) is 58.9 Å². The van der Waals surface area contributed by atoms with E-state index in [1.54, 1.807) is 0 Å². The molecule has 0 saturated heterocycles. The molecule has 0 N–H and O–H groups in total. The minimum atomic E-state index is -1.43. The molecule has 7 aromatic carbocycles. The van der Waals surface area contributed by atoms with Crippen LogP contribution in [-0.2, 0) is 5.41 Å². The molecule has 5 heteroatoms. The zero-order valence-corrected chi connectivity index (χ0v) is 41.1. The van der Waals surface area contributed by atoms with Crippen LogP contribution >= 0.6 is 0 Å². The topological polar surface area (TPSA) is 6.48 Å². The average Bonchev–Trinajstić information content (AvgIpc) is 3.45. The lowest BCUT2D eigenvalue weighted by Gasteiger charge is -2.29. The minimum absolute atomic E-state index is 0.157. The van der Waals surface area contributed by atoms with Crippen molar-refractivity contribution in [3.05, 3.63) is 186 Å². The molecular weight excluding hydrogens is 785 g/mol. The fourth-order valence-corrected chi connectivity index (χ4v) is 12.2. The molecule has 0 bridgehead atoms. The number of nitrogens with zero attached hydrogens (tertiary/aromatic N) is 2. The van der Waals surface area contributed by atoms with Gasteiger partial charge in [-0.05, 0) is 106 Å². The third kappa shape index (κ3) is 8.70. The van der Waals surface area contributed by atoms with E-state index in [1.807, 2.05) is 0 Å². The molecule has 61 heavy (non-hydrogen) atoms. The molecule has 0 amide bonds. The Bertz CT molecular complexity index is 2620. The zero-order chi connectivity index (χ0) is 43.3. The maximum atomic E-state index is 2.45. The number of para-hydroxylation sites is 1. The minimum Gasteiger partial charge on any atom is -0.311 e. The van der Waals surface area contributed by atoms with E-state index in [1.165, 1.54) is 71.7 Å². The van der Waals surface area contributed by atoms with Gasteiger partial charge in [0.2, 0.25) is 0 Å². The first-order valence-corrected chi connectivity index (χ1v) is 32.4. The smallest absolute Gasteiger partial charge is 0.0775 e. The molecule has 0 spiro atoms. The first-order valence-electron chi connectivity index (χ1n) is 21.9. The summed E-state index contributed by atoms with van der Waals surface area (Å²) < 4.78 is 0. The SMILES string of the molecule is CC1(C)c2cc(C=Cc3ccc(N(c4ccccc4)c4ccc([Si](C)(C)C)cc4)cc3)ccc2-c2ccc(N(c3ccc([Si](C)(C)C)cc3)c3ccc([Si](C)(C)C)cc3)cc21. The number of fused-ring (bicyclic) bond motifs is 3. The normalized spacial score (nSPS) is 13.6. The molecule has 308 valence electrons. The summed E-state index contributed by atoms with van der Waals surface area (Å²) in [5.74, 6) is 0. The van der Waals surface area contributed by atoms with Gasteiger partial charge in [0, 0.05) is 39.5 Å². The fraction of sp³-hybridized carbons (Fsp3) is 0.214. The Balaban J connectivity index is 1.07. The summed E-state index contributed by atoms with van der Waals surface area (Å²) in [7, 11) is -4.26. The highest BCUT2D eigenvalue weighted by atomic mass is 28.3. The Morgan fingerprint density at radius 3 is 1.11 bits per heavy atom. The molecule has 0 saturated carbocycles. The summed E-state index contributed by atoms with van der Waals surface area (Å²) in [4.78, 5) is 4.80. The Hall–Kier alpha value is -5.47. The van der Waals surface area contributed by atoms with Crippen LogP contribution in [0, 0.1) is 0 Å². The van der Waals surface area contributed by atoms with Gasteiger partial charge in [0.05, 0.1) is 24.2 Å². The number of rotatable bonds is 11. The first-order chi connectivity index (χ1) is 28.9. The van der Waals surface area contributed by atoms with Crippen LogP contribution in [-0.4, -0.2) is 24.2 Å². The third-order valence-electron chi connectivity index (χ3n) is 12.6. The Morgan fingerprint density at radius 2 is 0.672 bits per heavy atom. The summed E-state index contributed by atoms with van der Waals surface area (Å²) >= 11 is 0. The maximum absolute atomic E-state index is 2.45. The van der Waals surface area contributed by atoms with E-state index in [4.69, 9.17) is 0 Å². The quantitative estimate of drug-likeness (QED) is 0.0945. The van der Waals surface area contributed by atoms with Gasteiger partial charge in [-0.2, -0.15) is 0 Å². The molecule has 0 fully saturated rings. The molecule has 2 nitrogen and oxygen atoms in total. The second kappa shape index (κ2) is 16.1. The molecular formula is C56H62N2Si3. The monoisotopic (exact) mass is 846 g/mol. The van der Waals surface area contributed by atoms with Crippen molar-refractivity contribution in [3.63, 3.8) is 0 Å². The predicted octanol–water partition coefficient (Wildman–Crippen LogP) is 14.7. The van der Waals surface area contributed by atoms with Gasteiger partial charge < -0.3 is 9.80 Å². The Kier molecular flexibility index (Phi) is 11.1. The van der Waals surface area contributed by atoms with Crippen molar-refractivity contribution in [2.24, 2.45) is 0 Å². The largest absolute Gasteiger partial charge is 0.311 e. The molecule has 0 atom stereocenters. The van der Waals surface area contributed by atoms with Gasteiger partial charge in [0.15, 0.2) is 0 Å². The van der Waals surface area contributed by atoms with Gasteiger partial charge in [0.1, 0.15) is 0 Å². The highest BCUT2D eigenvalue weighted by Crippen LogP contribution is 2.51. The summed E-state index contributed by atoms with van der Waals surface area (Å²) in [6, 6.07) is 61.7. The molecule has 1 aliphatic rings. The predicted molar refractivity (Wildman–Crippen MR) is 278 cm³/mol. The van der Waals surface area contributed by atoms with Crippen molar-refractivity contribution in [2.75, 3.05) is 9.80 Å². The van der Waals surface area contributed by atoms with Crippen LogP contribution in [0.1, 0.15) is 36.1 Å². The first kappa shape index (κ1) is 42.2. The van der Waals surface area contributed by atoms with Gasteiger partial charge in [-0.3, -0.25) is 0 Å². The van der Waals surface area contributed by atoms with Gasteiger partial charge >= 0.3 is 0 Å². The lowest BCUT2D eigenvalue weighted by atomic mass is 9.81. The second-order valence-corrected chi connectivity index (χ2v) is 35.7. The standard InChI is InChI=1S/C56H62N2Si3/c1-56(2)54-39-42(18-17-41-19-22-44(23-20-41)57(43-15-13-12-14-16-43)45-24-31-49(32-25-45)59(3,4)5)21-37-52(54)53-38-30-48(40-55(53)56)58(46-26-33-50(34-27-46)60(6,7)8)47-28-35-51(36-29-47)61(9,10)11/h12-40H,1-11H3. The number of anilines is 6. The van der Waals surface area contributed by atoms with Crippen molar-refractivity contribution in [1.82, 2.24) is 0 Å². The number of hydrogen-bond donors (Lipinski definition) is 0. The van der Waals surface area contributed by atoms with Gasteiger partial charge in [-0.1, -0.05) is 191 Å². The molecule has 0 aliphatic heterocycles. The van der Waals surface area contributed by atoms with Crippen molar-refractivity contribution < 1.29 is 0 Å². The Labute approximate surface area is 369 Å². The van der Waals surface area contributed by atoms with Crippen LogP contribution in [0.4, 0.5) is 34.1 Å². The number of benzene rings is 7. The summed E-state index contributed by atoms with van der Waals surface area (Å²) in [5, 5.41) is 4.43. The van der Waals surface area contributed by atoms with Crippen LogP contribution < -0.4 is 25.4 Å². The van der Waals surface area contributed by atoms with Crippen molar-refractivity contribution >= 4 is 86.1 Å². The molecule has 0 aromatic heterocycles. The summed E-state index contributed by atoms with van der Waals surface area (Å²) in [6.07, 6.45) is 4.51. The molecule has 0 unspecified atom stereocenters. The van der Waals surface area contributed by atoms with Gasteiger partial charge in [0.25, 0.3) is 0 Å². The van der Waals surface area contributed by atoms with E-state index in [0.717, 1.165) is 11.4 Å². The molecule has 1 aliphatic carbocycles. The van der Waals surface area contributed by atoms with E-state index in [2.05, 4.69) is 259 Å². The lowest BCUT2D eigenvalue weighted by molar-refractivity contribution is 0.660. The summed E-state index contributed by atoms with van der Waals surface area (Å²) in [5.41, 5.74) is 14.7. The zero-order valence-electron chi connectivity index (χ0n) is 38.1. The fourth-order valence-electron chi connectivity index (χ4n) is 8.72. The van der Waals surface area contributed by atoms with E-state index < -0.39 is 24.2 Å². The highest BCUT2D eigenvalue weighted by molar-refractivity contribution is 6.89. The third-order valence-corrected chi connectivity index (χ3v) is 18.7. The molecule has 0 radical (unpaired) electrons. The van der Waals surface area contributed by atoms with E-state index >= 15 is 0 Å². The number of hydrogen-bond acceptors (Lipinski definition) is 2. The van der Waals surface area contributed by atoms with Gasteiger partial charge in [-0.15, -0.1) is 0 Å². The van der Waals surface area contributed by atoms with E-state index in [9.17, 15) is 0 Å². The van der Waals surface area contributed by atoms with Crippen LogP contribution in [0.25, 0.3) is 23.3 Å². The van der Waals surface area contributed by atoms with E-state index in [-0.39, 0.29) is 5.41 Å². The summed E-state index contributed by atoms with van der Waals surface area (Å²) in [6.45, 7) is 26.5. The highest BCUT2D eigenvalue weighted by Gasteiger charge is 2.36. The van der Waals surface area contributed by atoms with Crippen LogP contribution in [0.3, 0.4) is 0 Å². The van der Waals surface area contributed by atoms with Gasteiger partial charge in [-0.25, -0.2) is 0 Å². The van der Waals surface area contributed by atoms with Crippen molar-refractivity contribution in [2.45, 2.75) is 78.2 Å². The van der Waals surface area contributed by atoms with Crippen LogP contribution in [0.15, 0.2) is 164 Å². The molecule has 8 rings (SSSR count). The molecule has 7 aromatic rings. The van der Waals surface area contributed by atoms with Crippen molar-refractivity contribution in [1.29, 1.82) is 0 Å².